The molecule has 0 aliphatic heterocycles. The van der Waals surface area contributed by atoms with Crippen molar-refractivity contribution in [1.29, 1.82) is 0 Å². The summed E-state index contributed by atoms with van der Waals surface area (Å²) in [6.45, 7) is 1.68. The molecule has 1 aromatic rings. The fourth-order valence-corrected chi connectivity index (χ4v) is 5.45. The Morgan fingerprint density at radius 1 is 1.25 bits per heavy atom. The third kappa shape index (κ3) is 2.86. The predicted molar refractivity (Wildman–Crippen MR) is 110 cm³/mol. The molecule has 5 atom stereocenters. The largest absolute Gasteiger partial charge is 0.508 e. The van der Waals surface area contributed by atoms with E-state index in [0.29, 0.717) is 16.8 Å². The number of carbonyl (C=O) groups excluding carboxylic acids is 3. The normalized spacial score (nSPS) is 32.2. The number of rotatable bonds is 3. The molecule has 10 nitrogen and oxygen atoms in total. The summed E-state index contributed by atoms with van der Waals surface area (Å²) < 4.78 is 0. The maximum atomic E-state index is 13.4. The number of primary amides is 1. The summed E-state index contributed by atoms with van der Waals surface area (Å²) in [7, 11) is 1.38. The molecule has 0 radical (unpaired) electrons. The third-order valence-electron chi connectivity index (χ3n) is 6.89. The molecule has 1 fully saturated rings. The smallest absolute Gasteiger partial charge is 0.230 e. The lowest BCUT2D eigenvalue weighted by Gasteiger charge is -2.48. The molecule has 0 spiro atoms. The van der Waals surface area contributed by atoms with Crippen molar-refractivity contribution in [2.24, 2.45) is 28.6 Å². The number of aliphatic hydroxyl groups is 3. The molecule has 2 unspecified atom stereocenters. The van der Waals surface area contributed by atoms with Crippen molar-refractivity contribution in [1.82, 2.24) is 0 Å². The Morgan fingerprint density at radius 3 is 2.56 bits per heavy atom. The number of fused-ring (bicyclic) bond motifs is 3. The zero-order valence-electron chi connectivity index (χ0n) is 17.5. The van der Waals surface area contributed by atoms with Crippen LogP contribution in [0.3, 0.4) is 0 Å². The Kier molecular flexibility index (Phi) is 5.09. The molecular weight excluding hydrogens is 420 g/mol. The highest BCUT2D eigenvalue weighted by atomic mass is 16.6. The number of amides is 1. The molecule has 0 saturated heterocycles. The van der Waals surface area contributed by atoms with Crippen molar-refractivity contribution in [3.63, 3.8) is 0 Å². The Hall–Kier alpha value is -3.24. The van der Waals surface area contributed by atoms with Gasteiger partial charge >= 0.3 is 0 Å². The molecule has 1 aromatic carbocycles. The molecule has 3 aliphatic rings. The number of oxime groups is 1. The summed E-state index contributed by atoms with van der Waals surface area (Å²) in [5.41, 5.74) is 4.06. The van der Waals surface area contributed by atoms with Crippen molar-refractivity contribution < 1.29 is 39.6 Å². The van der Waals surface area contributed by atoms with Crippen LogP contribution in [0.5, 0.6) is 5.75 Å². The van der Waals surface area contributed by atoms with Crippen LogP contribution in [-0.4, -0.2) is 62.4 Å². The summed E-state index contributed by atoms with van der Waals surface area (Å²) >= 11 is 0. The number of hydrogen-bond donors (Lipinski definition) is 5. The molecule has 0 aromatic heterocycles. The summed E-state index contributed by atoms with van der Waals surface area (Å²) in [6.07, 6.45) is -1.23. The van der Waals surface area contributed by atoms with E-state index in [-0.39, 0.29) is 36.1 Å². The predicted octanol–water partition coefficient (Wildman–Crippen LogP) is 0.116. The first-order valence-electron chi connectivity index (χ1n) is 10.2. The van der Waals surface area contributed by atoms with Crippen LogP contribution < -0.4 is 5.73 Å². The van der Waals surface area contributed by atoms with Crippen LogP contribution in [0.2, 0.25) is 0 Å². The Balaban J connectivity index is 1.89. The molecule has 10 heteroatoms. The van der Waals surface area contributed by atoms with E-state index in [1.807, 2.05) is 0 Å². The molecule has 32 heavy (non-hydrogen) atoms. The summed E-state index contributed by atoms with van der Waals surface area (Å²) in [4.78, 5) is 42.9. The Morgan fingerprint density at radius 2 is 1.94 bits per heavy atom. The highest BCUT2D eigenvalue weighted by Gasteiger charge is 2.62. The number of allylic oxidation sites excluding steroid dienone is 1. The van der Waals surface area contributed by atoms with E-state index in [9.17, 15) is 34.8 Å². The highest BCUT2D eigenvalue weighted by Crippen LogP contribution is 2.51. The molecule has 0 heterocycles. The number of nitrogens with two attached hydrogens (primary N) is 1. The van der Waals surface area contributed by atoms with E-state index in [0.717, 1.165) is 0 Å². The first kappa shape index (κ1) is 22.0. The number of aromatic hydroxyl groups is 1. The van der Waals surface area contributed by atoms with Crippen molar-refractivity contribution in [3.8, 4) is 5.75 Å². The topological polar surface area (TPSA) is 180 Å². The van der Waals surface area contributed by atoms with Crippen LogP contribution >= 0.6 is 0 Å². The van der Waals surface area contributed by atoms with E-state index >= 15 is 0 Å². The second-order valence-corrected chi connectivity index (χ2v) is 8.58. The van der Waals surface area contributed by atoms with Gasteiger partial charge in [0, 0.05) is 17.1 Å². The van der Waals surface area contributed by atoms with E-state index < -0.39 is 52.7 Å². The minimum absolute atomic E-state index is 0.0530. The lowest BCUT2D eigenvalue weighted by Crippen LogP contribution is -2.63. The quantitative estimate of drug-likeness (QED) is 0.248. The molecule has 4 rings (SSSR count). The lowest BCUT2D eigenvalue weighted by molar-refractivity contribution is -0.167. The average molecular weight is 444 g/mol. The minimum Gasteiger partial charge on any atom is -0.508 e. The zero-order valence-corrected chi connectivity index (χ0v) is 17.5. The molecule has 0 bridgehead atoms. The van der Waals surface area contributed by atoms with E-state index in [2.05, 4.69) is 5.16 Å². The van der Waals surface area contributed by atoms with Gasteiger partial charge in [0.1, 0.15) is 24.5 Å². The van der Waals surface area contributed by atoms with Crippen LogP contribution in [0.1, 0.15) is 41.3 Å². The molecule has 170 valence electrons. The second-order valence-electron chi connectivity index (χ2n) is 8.58. The van der Waals surface area contributed by atoms with Crippen molar-refractivity contribution in [2.75, 3.05) is 7.11 Å². The summed E-state index contributed by atoms with van der Waals surface area (Å²) in [5.74, 6) is -7.33. The lowest BCUT2D eigenvalue weighted by atomic mass is 9.57. The van der Waals surface area contributed by atoms with Gasteiger partial charge in [-0.25, -0.2) is 0 Å². The standard InChI is InChI=1S/C22H24N2O8/c1-8(24-32-2)11-3-4-13(25)16-12(11)6-9-5-10-7-14(26)17(21(23)30)20(29)22(10,31)19(28)15(9)18(16)27/h3-4,9-10,14,17,25-26,28,31H,5-7H2,1-2H3,(H2,23,30)/b24-8+/t9-,10+,14?,17?,22+/m1/s1. The van der Waals surface area contributed by atoms with Gasteiger partial charge in [0.2, 0.25) is 5.91 Å². The summed E-state index contributed by atoms with van der Waals surface area (Å²) in [6, 6.07) is 2.93. The average Bonchev–Trinajstić information content (AvgIpc) is 2.70. The first-order chi connectivity index (χ1) is 15.0. The van der Waals surface area contributed by atoms with E-state index in [1.165, 1.54) is 13.2 Å². The number of ketones is 2. The van der Waals surface area contributed by atoms with Crippen molar-refractivity contribution >= 4 is 23.2 Å². The SMILES string of the molecule is CO/N=C(\C)c1ccc(O)c2c1C[C@H]1C[C@H]3CC(O)C(C(N)=O)C(=O)[C@@]3(O)C(O)=C1C2=O. The molecule has 1 amide bonds. The van der Waals surface area contributed by atoms with Crippen LogP contribution in [0.15, 0.2) is 28.6 Å². The van der Waals surface area contributed by atoms with Gasteiger partial charge in [0.15, 0.2) is 17.2 Å². The molecular formula is C22H24N2O8. The molecule has 3 aliphatic carbocycles. The van der Waals surface area contributed by atoms with Crippen molar-refractivity contribution in [3.05, 3.63) is 40.2 Å². The van der Waals surface area contributed by atoms with E-state index in [1.54, 1.807) is 13.0 Å². The maximum Gasteiger partial charge on any atom is 0.230 e. The van der Waals surface area contributed by atoms with Crippen molar-refractivity contribution in [2.45, 2.75) is 37.9 Å². The molecule has 1 saturated carbocycles. The van der Waals surface area contributed by atoms with Gasteiger partial charge in [-0.15, -0.1) is 0 Å². The van der Waals surface area contributed by atoms with Gasteiger partial charge in [-0.1, -0.05) is 5.16 Å². The third-order valence-corrected chi connectivity index (χ3v) is 6.89. The van der Waals surface area contributed by atoms with Gasteiger partial charge in [-0.05, 0) is 49.8 Å². The van der Waals surface area contributed by atoms with Crippen LogP contribution in [0.25, 0.3) is 0 Å². The number of phenols is 1. The number of hydrogen-bond acceptors (Lipinski definition) is 9. The van der Waals surface area contributed by atoms with Crippen LogP contribution in [0.4, 0.5) is 0 Å². The maximum absolute atomic E-state index is 13.4. The van der Waals surface area contributed by atoms with Crippen LogP contribution in [0, 0.1) is 17.8 Å². The fourth-order valence-electron chi connectivity index (χ4n) is 5.45. The number of carbonyl (C=O) groups is 3. The number of phenolic OH excluding ortho intramolecular Hbond substituents is 1. The number of aliphatic hydroxyl groups excluding tert-OH is 2. The minimum atomic E-state index is -2.52. The van der Waals surface area contributed by atoms with Gasteiger partial charge in [0.05, 0.1) is 17.4 Å². The Labute approximate surface area is 183 Å². The number of nitrogens with zero attached hydrogens (tertiary/aromatic N) is 1. The first-order valence-corrected chi connectivity index (χ1v) is 10.2. The second kappa shape index (κ2) is 7.42. The zero-order chi connectivity index (χ0) is 23.5. The Bertz CT molecular complexity index is 1110. The van der Waals surface area contributed by atoms with E-state index in [4.69, 9.17) is 10.6 Å². The van der Waals surface area contributed by atoms with Gasteiger partial charge < -0.3 is 31.0 Å². The van der Waals surface area contributed by atoms with Gasteiger partial charge in [-0.2, -0.15) is 0 Å². The number of Topliss-reactive ketones (excluding diaryl/α,β-unsaturated/α-hetero) is 2. The number of benzene rings is 1. The van der Waals surface area contributed by atoms with Gasteiger partial charge in [-0.3, -0.25) is 14.4 Å². The van der Waals surface area contributed by atoms with Crippen LogP contribution in [-0.2, 0) is 20.8 Å². The highest BCUT2D eigenvalue weighted by molar-refractivity contribution is 6.17. The summed E-state index contributed by atoms with van der Waals surface area (Å²) in [5, 5.41) is 46.8. The monoisotopic (exact) mass is 444 g/mol. The van der Waals surface area contributed by atoms with Gasteiger partial charge in [0.25, 0.3) is 0 Å². The molecule has 6 N–H and O–H groups in total. The fraction of sp³-hybridized carbons (Fsp3) is 0.455.